The van der Waals surface area contributed by atoms with Gasteiger partial charge in [-0.3, -0.25) is 4.84 Å². The zero-order valence-electron chi connectivity index (χ0n) is 15.5. The number of carbonyl (C=O) groups is 1. The number of hydrogen-bond acceptors (Lipinski definition) is 6. The maximum Gasteiger partial charge on any atom is 0.534 e. The second-order valence-electron chi connectivity index (χ2n) is 5.57. The molecule has 162 valence electrons. The minimum absolute atomic E-state index is 0.217. The molecule has 8 nitrogen and oxygen atoms in total. The van der Waals surface area contributed by atoms with E-state index >= 15 is 0 Å². The molecule has 0 aliphatic heterocycles. The number of alkyl halides is 3. The molecule has 0 saturated carbocycles. The van der Waals surface area contributed by atoms with Crippen LogP contribution in [-0.2, 0) is 15.0 Å². The maximum atomic E-state index is 12.5. The molecule has 0 atom stereocenters. The van der Waals surface area contributed by atoms with Crippen molar-refractivity contribution in [3.8, 4) is 5.75 Å². The number of benzene rings is 2. The molecule has 0 aromatic heterocycles. The number of rotatable bonds is 6. The van der Waals surface area contributed by atoms with Crippen molar-refractivity contribution in [2.45, 2.75) is 5.51 Å². The monoisotopic (exact) mass is 465 g/mol. The first-order chi connectivity index (χ1) is 13.9. The first-order valence-electron chi connectivity index (χ1n) is 7.97. The van der Waals surface area contributed by atoms with Crippen LogP contribution in [0.25, 0.3) is 0 Å². The Kier molecular flexibility index (Phi) is 7.29. The average molecular weight is 466 g/mol. The smallest absolute Gasteiger partial charge is 0.376 e. The molecule has 0 heterocycles. The molecule has 13 heteroatoms. The van der Waals surface area contributed by atoms with E-state index < -0.39 is 27.4 Å². The van der Waals surface area contributed by atoms with Crippen LogP contribution >= 0.6 is 11.6 Å². The van der Waals surface area contributed by atoms with Gasteiger partial charge in [0.25, 0.3) is 0 Å². The van der Waals surface area contributed by atoms with E-state index in [-0.39, 0.29) is 5.71 Å². The fraction of sp³-hybridized carbons (Fsp3) is 0.176. The number of nitrogens with one attached hydrogen (secondary N) is 1. The molecule has 1 N–H and O–H groups in total. The number of carbonyl (C=O) groups excluding carboxylic acids is 1. The van der Waals surface area contributed by atoms with Crippen LogP contribution in [0, 0.1) is 0 Å². The van der Waals surface area contributed by atoms with Crippen LogP contribution < -0.4 is 9.61 Å². The van der Waals surface area contributed by atoms with Crippen molar-refractivity contribution in [1.82, 2.24) is 10.5 Å². The zero-order chi connectivity index (χ0) is 22.5. The molecule has 0 bridgehead atoms. The molecular weight excluding hydrogens is 451 g/mol. The van der Waals surface area contributed by atoms with Gasteiger partial charge < -0.3 is 4.18 Å². The Morgan fingerprint density at radius 1 is 1.07 bits per heavy atom. The second kappa shape index (κ2) is 9.32. The summed E-state index contributed by atoms with van der Waals surface area (Å²) in [5.74, 6) is -0.547. The lowest BCUT2D eigenvalue weighted by Gasteiger charge is -2.14. The minimum atomic E-state index is -5.80. The van der Waals surface area contributed by atoms with E-state index in [1.54, 1.807) is 24.3 Å². The maximum absolute atomic E-state index is 12.5. The molecule has 0 spiro atoms. The van der Waals surface area contributed by atoms with Crippen molar-refractivity contribution in [3.63, 3.8) is 0 Å². The van der Waals surface area contributed by atoms with Crippen molar-refractivity contribution in [3.05, 3.63) is 64.7 Å². The normalized spacial score (nSPS) is 12.4. The van der Waals surface area contributed by atoms with Crippen LogP contribution in [-0.4, -0.2) is 44.9 Å². The zero-order valence-corrected chi connectivity index (χ0v) is 17.0. The molecule has 0 unspecified atom stereocenters. The summed E-state index contributed by atoms with van der Waals surface area (Å²) in [6.07, 6.45) is 0. The van der Waals surface area contributed by atoms with E-state index in [2.05, 4.69) is 14.7 Å². The summed E-state index contributed by atoms with van der Waals surface area (Å²) in [5.41, 5.74) is -2.23. The molecule has 0 aliphatic carbocycles. The molecule has 2 aromatic rings. The quantitative estimate of drug-likeness (QED) is 0.305. The molecular formula is C17H15ClF3N3O5S. The highest BCUT2D eigenvalue weighted by molar-refractivity contribution is 7.88. The number of hydroxylamine groups is 2. The summed E-state index contributed by atoms with van der Waals surface area (Å²) in [5, 5.41) is 5.34. The van der Waals surface area contributed by atoms with E-state index in [1.807, 2.05) is 0 Å². The van der Waals surface area contributed by atoms with Gasteiger partial charge in [0, 0.05) is 23.2 Å². The third-order valence-electron chi connectivity index (χ3n) is 3.56. The largest absolute Gasteiger partial charge is 0.534 e. The van der Waals surface area contributed by atoms with Crippen LogP contribution in [0.3, 0.4) is 0 Å². The topological polar surface area (TPSA) is 97.3 Å². The fourth-order valence-electron chi connectivity index (χ4n) is 2.00. The van der Waals surface area contributed by atoms with Gasteiger partial charge in [0.1, 0.15) is 5.75 Å². The first kappa shape index (κ1) is 23.4. The SMILES string of the molecule is CON(C)C(=O)NN=C(c1ccc(Cl)cc1)c1ccc(OS(=O)(=O)C(F)(F)F)cc1. The van der Waals surface area contributed by atoms with Crippen LogP contribution in [0.15, 0.2) is 53.6 Å². The Morgan fingerprint density at radius 3 is 2.03 bits per heavy atom. The number of halogens is 4. The number of amides is 2. The Labute approximate surface area is 174 Å². The molecule has 2 aromatic carbocycles. The van der Waals surface area contributed by atoms with Gasteiger partial charge in [-0.1, -0.05) is 23.7 Å². The van der Waals surface area contributed by atoms with E-state index in [9.17, 15) is 26.4 Å². The van der Waals surface area contributed by atoms with Crippen molar-refractivity contribution < 1.29 is 35.4 Å². The molecule has 0 aliphatic rings. The number of nitrogens with zero attached hydrogens (tertiary/aromatic N) is 2. The Bertz CT molecular complexity index is 1030. The Hall–Kier alpha value is -2.83. The van der Waals surface area contributed by atoms with Crippen molar-refractivity contribution in [1.29, 1.82) is 0 Å². The highest BCUT2D eigenvalue weighted by Crippen LogP contribution is 2.27. The van der Waals surface area contributed by atoms with Gasteiger partial charge in [0.2, 0.25) is 0 Å². The van der Waals surface area contributed by atoms with Gasteiger partial charge in [-0.2, -0.15) is 26.7 Å². The number of urea groups is 1. The highest BCUT2D eigenvalue weighted by Gasteiger charge is 2.48. The van der Waals surface area contributed by atoms with Gasteiger partial charge in [0.05, 0.1) is 12.8 Å². The third-order valence-corrected chi connectivity index (χ3v) is 4.79. The van der Waals surface area contributed by atoms with E-state index in [0.717, 1.165) is 17.2 Å². The summed E-state index contributed by atoms with van der Waals surface area (Å²) in [7, 11) is -3.17. The molecule has 30 heavy (non-hydrogen) atoms. The number of hydrazone groups is 1. The lowest BCUT2D eigenvalue weighted by Crippen LogP contribution is -2.34. The summed E-state index contributed by atoms with van der Waals surface area (Å²) >= 11 is 5.87. The van der Waals surface area contributed by atoms with Gasteiger partial charge in [-0.25, -0.2) is 15.3 Å². The summed E-state index contributed by atoms with van der Waals surface area (Å²) < 4.78 is 63.7. The van der Waals surface area contributed by atoms with Crippen LogP contribution in [0.5, 0.6) is 5.75 Å². The van der Waals surface area contributed by atoms with Crippen molar-refractivity contribution in [2.75, 3.05) is 14.2 Å². The first-order valence-corrected chi connectivity index (χ1v) is 9.76. The van der Waals surface area contributed by atoms with Crippen LogP contribution in [0.1, 0.15) is 11.1 Å². The second-order valence-corrected chi connectivity index (χ2v) is 7.55. The van der Waals surface area contributed by atoms with Crippen molar-refractivity contribution >= 4 is 33.5 Å². The number of hydrogen-bond donors (Lipinski definition) is 1. The summed E-state index contributed by atoms with van der Waals surface area (Å²) in [4.78, 5) is 16.6. The summed E-state index contributed by atoms with van der Waals surface area (Å²) in [6, 6.07) is 10.3. The molecule has 0 fully saturated rings. The molecule has 0 saturated heterocycles. The lowest BCUT2D eigenvalue weighted by atomic mass is 10.0. The molecule has 2 amide bonds. The predicted octanol–water partition coefficient (Wildman–Crippen LogP) is 3.52. The molecule has 0 radical (unpaired) electrons. The van der Waals surface area contributed by atoms with Crippen LogP contribution in [0.2, 0.25) is 5.02 Å². The standard InChI is InChI=1S/C17H15ClF3N3O5S/c1-24(28-2)16(25)23-22-15(11-3-7-13(18)8-4-11)12-5-9-14(10-6-12)29-30(26,27)17(19,20)21/h3-10H,1-2H3,(H,23,25). The predicted molar refractivity (Wildman–Crippen MR) is 102 cm³/mol. The van der Waals surface area contributed by atoms with Gasteiger partial charge in [-0.05, 0) is 36.4 Å². The van der Waals surface area contributed by atoms with Gasteiger partial charge >= 0.3 is 21.7 Å². The van der Waals surface area contributed by atoms with E-state index in [0.29, 0.717) is 16.1 Å². The van der Waals surface area contributed by atoms with E-state index in [1.165, 1.54) is 26.3 Å². The van der Waals surface area contributed by atoms with Gasteiger partial charge in [0.15, 0.2) is 0 Å². The lowest BCUT2D eigenvalue weighted by molar-refractivity contribution is -0.0646. The van der Waals surface area contributed by atoms with Crippen LogP contribution in [0.4, 0.5) is 18.0 Å². The summed E-state index contributed by atoms with van der Waals surface area (Å²) in [6.45, 7) is 0. The average Bonchev–Trinajstić information content (AvgIpc) is 2.68. The molecule has 2 rings (SSSR count). The fourth-order valence-corrected chi connectivity index (χ4v) is 2.59. The minimum Gasteiger partial charge on any atom is -0.376 e. The Morgan fingerprint density at radius 2 is 1.57 bits per heavy atom. The van der Waals surface area contributed by atoms with Gasteiger partial charge in [-0.15, -0.1) is 0 Å². The highest BCUT2D eigenvalue weighted by atomic mass is 35.5. The Balaban J connectivity index is 2.37. The van der Waals surface area contributed by atoms with E-state index in [4.69, 9.17) is 16.4 Å². The van der Waals surface area contributed by atoms with Crippen molar-refractivity contribution in [2.24, 2.45) is 5.10 Å². The third kappa shape index (κ3) is 5.84.